The quantitative estimate of drug-likeness (QED) is 0.909. The number of carbonyl (C=O) groups is 1. The number of rotatable bonds is 5. The number of amides is 2. The Kier molecular flexibility index (Phi) is 5.72. The van der Waals surface area contributed by atoms with Gasteiger partial charge in [-0.25, -0.2) is 4.79 Å². The summed E-state index contributed by atoms with van der Waals surface area (Å²) in [6.45, 7) is 6.15. The molecule has 25 heavy (non-hydrogen) atoms. The molecule has 0 spiro atoms. The summed E-state index contributed by atoms with van der Waals surface area (Å²) >= 11 is 0. The van der Waals surface area contributed by atoms with Crippen LogP contribution in [0.25, 0.3) is 0 Å². The SMILES string of the molecule is CCOc1ccccc1N1CCN(C(=O)NCc2ccncc2)CC1. The van der Waals surface area contributed by atoms with Crippen molar-refractivity contribution in [3.8, 4) is 5.75 Å². The van der Waals surface area contributed by atoms with Gasteiger partial charge in [-0.3, -0.25) is 4.98 Å². The molecule has 0 atom stereocenters. The van der Waals surface area contributed by atoms with Crippen LogP contribution in [0.15, 0.2) is 48.8 Å². The summed E-state index contributed by atoms with van der Waals surface area (Å²) in [6.07, 6.45) is 3.46. The Morgan fingerprint density at radius 2 is 1.84 bits per heavy atom. The summed E-state index contributed by atoms with van der Waals surface area (Å²) in [5.41, 5.74) is 2.15. The molecule has 6 nitrogen and oxygen atoms in total. The number of hydrogen-bond donors (Lipinski definition) is 1. The van der Waals surface area contributed by atoms with Crippen molar-refractivity contribution in [3.63, 3.8) is 0 Å². The van der Waals surface area contributed by atoms with Gasteiger partial charge < -0.3 is 19.9 Å². The average molecular weight is 340 g/mol. The minimum absolute atomic E-state index is 0.0189. The van der Waals surface area contributed by atoms with E-state index in [9.17, 15) is 4.79 Å². The third kappa shape index (κ3) is 4.41. The van der Waals surface area contributed by atoms with Gasteiger partial charge >= 0.3 is 6.03 Å². The van der Waals surface area contributed by atoms with E-state index in [0.717, 1.165) is 30.1 Å². The Balaban J connectivity index is 1.52. The summed E-state index contributed by atoms with van der Waals surface area (Å²) in [5, 5.41) is 2.97. The van der Waals surface area contributed by atoms with Gasteiger partial charge in [-0.15, -0.1) is 0 Å². The maximum atomic E-state index is 12.3. The number of urea groups is 1. The molecule has 1 aromatic carbocycles. The highest BCUT2D eigenvalue weighted by Crippen LogP contribution is 2.28. The first-order valence-electron chi connectivity index (χ1n) is 8.66. The maximum Gasteiger partial charge on any atom is 0.317 e. The maximum absolute atomic E-state index is 12.3. The summed E-state index contributed by atoms with van der Waals surface area (Å²) in [4.78, 5) is 20.5. The highest BCUT2D eigenvalue weighted by Gasteiger charge is 2.22. The smallest absolute Gasteiger partial charge is 0.317 e. The molecule has 0 radical (unpaired) electrons. The fourth-order valence-electron chi connectivity index (χ4n) is 2.94. The van der Waals surface area contributed by atoms with Crippen LogP contribution >= 0.6 is 0 Å². The largest absolute Gasteiger partial charge is 0.492 e. The second kappa shape index (κ2) is 8.37. The van der Waals surface area contributed by atoms with Gasteiger partial charge in [0.15, 0.2) is 0 Å². The van der Waals surface area contributed by atoms with Crippen molar-refractivity contribution in [3.05, 3.63) is 54.4 Å². The van der Waals surface area contributed by atoms with Gasteiger partial charge in [0.05, 0.1) is 12.3 Å². The molecular formula is C19H24N4O2. The predicted octanol–water partition coefficient (Wildman–Crippen LogP) is 2.51. The summed E-state index contributed by atoms with van der Waals surface area (Å²) in [5.74, 6) is 0.903. The minimum atomic E-state index is -0.0189. The molecule has 2 aromatic rings. The standard InChI is InChI=1S/C19H24N4O2/c1-2-25-18-6-4-3-5-17(18)22-11-13-23(14-12-22)19(24)21-15-16-7-9-20-10-8-16/h3-10H,2,11-15H2,1H3,(H,21,24). The van der Waals surface area contributed by atoms with E-state index in [4.69, 9.17) is 4.74 Å². The molecule has 1 N–H and O–H groups in total. The van der Waals surface area contributed by atoms with Crippen LogP contribution in [0.3, 0.4) is 0 Å². The van der Waals surface area contributed by atoms with Gasteiger partial charge in [-0.2, -0.15) is 0 Å². The fourth-order valence-corrected chi connectivity index (χ4v) is 2.94. The molecule has 132 valence electrons. The van der Waals surface area contributed by atoms with Gasteiger partial charge in [0.25, 0.3) is 0 Å². The van der Waals surface area contributed by atoms with E-state index in [1.807, 2.05) is 42.2 Å². The highest BCUT2D eigenvalue weighted by molar-refractivity contribution is 5.74. The third-order valence-electron chi connectivity index (χ3n) is 4.27. The van der Waals surface area contributed by atoms with Gasteiger partial charge in [-0.05, 0) is 36.8 Å². The number of anilines is 1. The molecule has 1 aliphatic rings. The van der Waals surface area contributed by atoms with Gasteiger partial charge in [0.2, 0.25) is 0 Å². The first kappa shape index (κ1) is 17.1. The monoisotopic (exact) mass is 340 g/mol. The van der Waals surface area contributed by atoms with Gasteiger partial charge in [0, 0.05) is 45.1 Å². The number of hydrogen-bond acceptors (Lipinski definition) is 4. The van der Waals surface area contributed by atoms with E-state index >= 15 is 0 Å². The molecule has 0 unspecified atom stereocenters. The molecule has 6 heteroatoms. The lowest BCUT2D eigenvalue weighted by molar-refractivity contribution is 0.194. The summed E-state index contributed by atoms with van der Waals surface area (Å²) in [6, 6.07) is 11.9. The van der Waals surface area contributed by atoms with Crippen LogP contribution in [-0.4, -0.2) is 48.7 Å². The normalized spacial score (nSPS) is 14.3. The van der Waals surface area contributed by atoms with E-state index in [0.29, 0.717) is 26.2 Å². The first-order chi connectivity index (χ1) is 12.3. The zero-order valence-electron chi connectivity index (χ0n) is 14.5. The lowest BCUT2D eigenvalue weighted by Crippen LogP contribution is -2.51. The van der Waals surface area contributed by atoms with Crippen LogP contribution in [-0.2, 0) is 6.54 Å². The fraction of sp³-hybridized carbons (Fsp3) is 0.368. The molecule has 0 bridgehead atoms. The molecule has 3 rings (SSSR count). The number of ether oxygens (including phenoxy) is 1. The molecule has 1 fully saturated rings. The zero-order valence-corrected chi connectivity index (χ0v) is 14.5. The highest BCUT2D eigenvalue weighted by atomic mass is 16.5. The van der Waals surface area contributed by atoms with Crippen LogP contribution in [0.1, 0.15) is 12.5 Å². The van der Waals surface area contributed by atoms with E-state index in [2.05, 4.69) is 21.3 Å². The number of benzene rings is 1. The number of nitrogens with one attached hydrogen (secondary N) is 1. The van der Waals surface area contributed by atoms with Crippen LogP contribution in [0.5, 0.6) is 5.75 Å². The molecule has 1 aliphatic heterocycles. The van der Waals surface area contributed by atoms with E-state index in [1.54, 1.807) is 12.4 Å². The van der Waals surface area contributed by atoms with Crippen LogP contribution in [0.2, 0.25) is 0 Å². The number of para-hydroxylation sites is 2. The lowest BCUT2D eigenvalue weighted by atomic mass is 10.2. The average Bonchev–Trinajstić information content (AvgIpc) is 2.68. The Labute approximate surface area is 148 Å². The Morgan fingerprint density at radius 1 is 1.12 bits per heavy atom. The minimum Gasteiger partial charge on any atom is -0.492 e. The second-order valence-corrected chi connectivity index (χ2v) is 5.89. The number of aromatic nitrogens is 1. The molecule has 0 aliphatic carbocycles. The molecule has 1 saturated heterocycles. The Hall–Kier alpha value is -2.76. The topological polar surface area (TPSA) is 57.7 Å². The third-order valence-corrected chi connectivity index (χ3v) is 4.27. The van der Waals surface area contributed by atoms with E-state index in [-0.39, 0.29) is 6.03 Å². The molecule has 0 saturated carbocycles. The number of carbonyl (C=O) groups excluding carboxylic acids is 1. The van der Waals surface area contributed by atoms with Crippen LogP contribution in [0.4, 0.5) is 10.5 Å². The van der Waals surface area contributed by atoms with E-state index in [1.165, 1.54) is 0 Å². The van der Waals surface area contributed by atoms with Gasteiger partial charge in [-0.1, -0.05) is 12.1 Å². The van der Waals surface area contributed by atoms with Crippen molar-refractivity contribution < 1.29 is 9.53 Å². The molecule has 1 aromatic heterocycles. The Bertz CT molecular complexity index is 685. The molecular weight excluding hydrogens is 316 g/mol. The van der Waals surface area contributed by atoms with Gasteiger partial charge in [0.1, 0.15) is 5.75 Å². The Morgan fingerprint density at radius 3 is 2.56 bits per heavy atom. The van der Waals surface area contributed by atoms with Crippen LogP contribution in [0, 0.1) is 0 Å². The molecule has 2 heterocycles. The van der Waals surface area contributed by atoms with Crippen molar-refractivity contribution in [2.75, 3.05) is 37.7 Å². The van der Waals surface area contributed by atoms with Crippen molar-refractivity contribution in [1.82, 2.24) is 15.2 Å². The molecule has 2 amide bonds. The van der Waals surface area contributed by atoms with E-state index < -0.39 is 0 Å². The number of pyridine rings is 1. The summed E-state index contributed by atoms with van der Waals surface area (Å²) in [7, 11) is 0. The van der Waals surface area contributed by atoms with Crippen molar-refractivity contribution >= 4 is 11.7 Å². The van der Waals surface area contributed by atoms with Crippen LogP contribution < -0.4 is 15.0 Å². The number of piperazine rings is 1. The van der Waals surface area contributed by atoms with Crippen molar-refractivity contribution in [1.29, 1.82) is 0 Å². The lowest BCUT2D eigenvalue weighted by Gasteiger charge is -2.36. The zero-order chi connectivity index (χ0) is 17.5. The number of nitrogens with zero attached hydrogens (tertiary/aromatic N) is 3. The van der Waals surface area contributed by atoms with Crippen molar-refractivity contribution in [2.45, 2.75) is 13.5 Å². The summed E-state index contributed by atoms with van der Waals surface area (Å²) < 4.78 is 5.71. The first-order valence-corrected chi connectivity index (χ1v) is 8.66. The predicted molar refractivity (Wildman–Crippen MR) is 97.9 cm³/mol. The second-order valence-electron chi connectivity index (χ2n) is 5.89. The van der Waals surface area contributed by atoms with Crippen molar-refractivity contribution in [2.24, 2.45) is 0 Å².